The fourth-order valence-corrected chi connectivity index (χ4v) is 3.14. The third-order valence-electron chi connectivity index (χ3n) is 4.76. The maximum atomic E-state index is 13.7. The highest BCUT2D eigenvalue weighted by atomic mass is 19.2. The number of carbonyl (C=O) groups excluding carboxylic acids is 1. The summed E-state index contributed by atoms with van der Waals surface area (Å²) >= 11 is 0. The van der Waals surface area contributed by atoms with Crippen molar-refractivity contribution in [2.45, 2.75) is 6.54 Å². The van der Waals surface area contributed by atoms with E-state index in [1.54, 1.807) is 0 Å². The van der Waals surface area contributed by atoms with Gasteiger partial charge in [0.05, 0.1) is 0 Å². The molecule has 0 saturated carbocycles. The first-order chi connectivity index (χ1) is 13.4. The summed E-state index contributed by atoms with van der Waals surface area (Å²) in [4.78, 5) is 16.2. The molecule has 28 heavy (non-hydrogen) atoms. The molecule has 1 amide bonds. The first-order valence-electron chi connectivity index (χ1n) is 9.04. The van der Waals surface area contributed by atoms with Crippen LogP contribution in [0.3, 0.4) is 0 Å². The van der Waals surface area contributed by atoms with E-state index < -0.39 is 29.2 Å². The van der Waals surface area contributed by atoms with Crippen molar-refractivity contribution in [3.05, 3.63) is 70.8 Å². The number of hydrogen-bond donors (Lipinski definition) is 1. The van der Waals surface area contributed by atoms with Gasteiger partial charge in [-0.3, -0.25) is 14.6 Å². The molecule has 0 unspecified atom stereocenters. The quantitative estimate of drug-likeness (QED) is 0.765. The third kappa shape index (κ3) is 5.30. The molecule has 0 spiro atoms. The van der Waals surface area contributed by atoms with Gasteiger partial charge in [0.25, 0.3) is 5.91 Å². The standard InChI is InChI=1S/C20H21F4N3O/c21-16-2-4-17(22)15(11-16)13-27-9-7-26(8-10-27)6-5-25-20(28)14-1-3-18(23)19(24)12-14/h1-4,11-12H,5-10,13H2,(H,25,28). The van der Waals surface area contributed by atoms with Gasteiger partial charge in [-0.1, -0.05) is 0 Å². The largest absolute Gasteiger partial charge is 0.351 e. The zero-order valence-corrected chi connectivity index (χ0v) is 15.2. The SMILES string of the molecule is O=C(NCCN1CCN(Cc2cc(F)ccc2F)CC1)c1ccc(F)c(F)c1. The second-order valence-corrected chi connectivity index (χ2v) is 6.74. The number of carbonyl (C=O) groups is 1. The van der Waals surface area contributed by atoms with Gasteiger partial charge in [0, 0.05) is 56.9 Å². The van der Waals surface area contributed by atoms with Crippen LogP contribution in [-0.4, -0.2) is 55.0 Å². The van der Waals surface area contributed by atoms with E-state index in [2.05, 4.69) is 10.2 Å². The van der Waals surface area contributed by atoms with E-state index in [1.165, 1.54) is 12.1 Å². The molecule has 0 atom stereocenters. The Morgan fingerprint density at radius 1 is 0.857 bits per heavy atom. The molecule has 150 valence electrons. The Hall–Kier alpha value is -2.45. The molecule has 4 nitrogen and oxygen atoms in total. The second kappa shape index (κ2) is 9.16. The van der Waals surface area contributed by atoms with Crippen LogP contribution in [0.1, 0.15) is 15.9 Å². The maximum absolute atomic E-state index is 13.7. The molecule has 0 bridgehead atoms. The molecule has 2 aromatic carbocycles. The topological polar surface area (TPSA) is 35.6 Å². The Kier molecular flexibility index (Phi) is 6.64. The van der Waals surface area contributed by atoms with E-state index in [1.807, 2.05) is 4.90 Å². The van der Waals surface area contributed by atoms with Crippen LogP contribution in [0.4, 0.5) is 17.6 Å². The molecular weight excluding hydrogens is 374 g/mol. The van der Waals surface area contributed by atoms with Gasteiger partial charge in [-0.05, 0) is 36.4 Å². The van der Waals surface area contributed by atoms with Crippen LogP contribution in [0.5, 0.6) is 0 Å². The van der Waals surface area contributed by atoms with Crippen molar-refractivity contribution in [3.8, 4) is 0 Å². The first-order valence-corrected chi connectivity index (χ1v) is 9.04. The highest BCUT2D eigenvalue weighted by Crippen LogP contribution is 2.14. The summed E-state index contributed by atoms with van der Waals surface area (Å²) in [6.45, 7) is 4.20. The number of nitrogens with zero attached hydrogens (tertiary/aromatic N) is 2. The average molecular weight is 395 g/mol. The third-order valence-corrected chi connectivity index (χ3v) is 4.76. The number of nitrogens with one attached hydrogen (secondary N) is 1. The van der Waals surface area contributed by atoms with Crippen molar-refractivity contribution < 1.29 is 22.4 Å². The van der Waals surface area contributed by atoms with Crippen LogP contribution >= 0.6 is 0 Å². The Morgan fingerprint density at radius 3 is 2.25 bits per heavy atom. The van der Waals surface area contributed by atoms with Crippen LogP contribution in [0.15, 0.2) is 36.4 Å². The van der Waals surface area contributed by atoms with Crippen molar-refractivity contribution in [2.75, 3.05) is 39.3 Å². The zero-order chi connectivity index (χ0) is 20.1. The van der Waals surface area contributed by atoms with Gasteiger partial charge in [-0.25, -0.2) is 17.6 Å². The van der Waals surface area contributed by atoms with E-state index in [0.29, 0.717) is 38.3 Å². The van der Waals surface area contributed by atoms with Crippen LogP contribution in [0.2, 0.25) is 0 Å². The van der Waals surface area contributed by atoms with E-state index in [0.717, 1.165) is 37.4 Å². The first kappa shape index (κ1) is 20.3. The van der Waals surface area contributed by atoms with Crippen molar-refractivity contribution in [1.82, 2.24) is 15.1 Å². The van der Waals surface area contributed by atoms with E-state index in [4.69, 9.17) is 0 Å². The minimum absolute atomic E-state index is 0.0702. The van der Waals surface area contributed by atoms with Crippen LogP contribution in [0, 0.1) is 23.3 Å². The Labute approximate surface area is 160 Å². The summed E-state index contributed by atoms with van der Waals surface area (Å²) in [5, 5.41) is 2.68. The van der Waals surface area contributed by atoms with Crippen molar-refractivity contribution in [3.63, 3.8) is 0 Å². The molecule has 0 radical (unpaired) electrons. The van der Waals surface area contributed by atoms with Gasteiger partial charge in [-0.2, -0.15) is 0 Å². The molecule has 0 aromatic heterocycles. The molecule has 1 N–H and O–H groups in total. The molecule has 8 heteroatoms. The van der Waals surface area contributed by atoms with E-state index in [9.17, 15) is 22.4 Å². The number of piperazine rings is 1. The summed E-state index contributed by atoms with van der Waals surface area (Å²) in [5.41, 5.74) is 0.410. The minimum Gasteiger partial charge on any atom is -0.351 e. The highest BCUT2D eigenvalue weighted by Gasteiger charge is 2.18. The lowest BCUT2D eigenvalue weighted by atomic mass is 10.1. The Morgan fingerprint density at radius 2 is 1.54 bits per heavy atom. The summed E-state index contributed by atoms with van der Waals surface area (Å²) in [5.74, 6) is -3.37. The lowest BCUT2D eigenvalue weighted by Crippen LogP contribution is -2.48. The monoisotopic (exact) mass is 395 g/mol. The fourth-order valence-electron chi connectivity index (χ4n) is 3.14. The predicted octanol–water partition coefficient (Wildman–Crippen LogP) is 2.79. The number of rotatable bonds is 6. The maximum Gasteiger partial charge on any atom is 0.251 e. The van der Waals surface area contributed by atoms with Gasteiger partial charge in [-0.15, -0.1) is 0 Å². The molecule has 1 heterocycles. The summed E-state index contributed by atoms with van der Waals surface area (Å²) in [6, 6.07) is 6.48. The molecule has 1 saturated heterocycles. The second-order valence-electron chi connectivity index (χ2n) is 6.74. The summed E-state index contributed by atoms with van der Waals surface area (Å²) < 4.78 is 53.1. The van der Waals surface area contributed by atoms with Gasteiger partial charge in [0.1, 0.15) is 11.6 Å². The predicted molar refractivity (Wildman–Crippen MR) is 96.8 cm³/mol. The minimum atomic E-state index is -1.06. The summed E-state index contributed by atoms with van der Waals surface area (Å²) in [7, 11) is 0. The molecule has 0 aliphatic carbocycles. The molecule has 1 fully saturated rings. The van der Waals surface area contributed by atoms with Crippen molar-refractivity contribution in [2.24, 2.45) is 0 Å². The number of halogens is 4. The number of benzene rings is 2. The Balaban J connectivity index is 1.40. The van der Waals surface area contributed by atoms with E-state index >= 15 is 0 Å². The van der Waals surface area contributed by atoms with Gasteiger partial charge < -0.3 is 5.32 Å². The normalized spacial score (nSPS) is 15.6. The van der Waals surface area contributed by atoms with Gasteiger partial charge in [0.15, 0.2) is 11.6 Å². The van der Waals surface area contributed by atoms with Crippen LogP contribution < -0.4 is 5.32 Å². The molecule has 1 aliphatic heterocycles. The van der Waals surface area contributed by atoms with Crippen LogP contribution in [-0.2, 0) is 6.54 Å². The Bertz CT molecular complexity index is 838. The molecule has 3 rings (SSSR count). The number of hydrogen-bond acceptors (Lipinski definition) is 3. The fraction of sp³-hybridized carbons (Fsp3) is 0.350. The summed E-state index contributed by atoms with van der Waals surface area (Å²) in [6.07, 6.45) is 0. The lowest BCUT2D eigenvalue weighted by Gasteiger charge is -2.34. The molecular formula is C20H21F4N3O. The molecule has 2 aromatic rings. The van der Waals surface area contributed by atoms with Gasteiger partial charge >= 0.3 is 0 Å². The smallest absolute Gasteiger partial charge is 0.251 e. The van der Waals surface area contributed by atoms with Gasteiger partial charge in [0.2, 0.25) is 0 Å². The number of amides is 1. The average Bonchev–Trinajstić information content (AvgIpc) is 2.68. The van der Waals surface area contributed by atoms with Crippen molar-refractivity contribution in [1.29, 1.82) is 0 Å². The van der Waals surface area contributed by atoms with E-state index in [-0.39, 0.29) is 5.56 Å². The molecule has 1 aliphatic rings. The van der Waals surface area contributed by atoms with Crippen LogP contribution in [0.25, 0.3) is 0 Å². The highest BCUT2D eigenvalue weighted by molar-refractivity contribution is 5.94. The zero-order valence-electron chi connectivity index (χ0n) is 15.2. The van der Waals surface area contributed by atoms with Crippen molar-refractivity contribution >= 4 is 5.91 Å². The lowest BCUT2D eigenvalue weighted by molar-refractivity contribution is 0.0933.